The third-order valence-electron chi connectivity index (χ3n) is 2.99. The van der Waals surface area contributed by atoms with Gasteiger partial charge in [0.25, 0.3) is 0 Å². The number of carbonyl (C=O) groups excluding carboxylic acids is 1. The van der Waals surface area contributed by atoms with Crippen LogP contribution in [0.15, 0.2) is 12.3 Å². The van der Waals surface area contributed by atoms with Gasteiger partial charge in [-0.15, -0.1) is 0 Å². The van der Waals surface area contributed by atoms with Gasteiger partial charge in [-0.1, -0.05) is 38.5 Å². The number of aldehydes is 1. The normalized spacial score (nSPS) is 11.0. The summed E-state index contributed by atoms with van der Waals surface area (Å²) in [6, 6.07) is 0. The van der Waals surface area contributed by atoms with Gasteiger partial charge >= 0.3 is 0 Å². The first-order valence-electron chi connectivity index (χ1n) is 7.69. The fourth-order valence-electron chi connectivity index (χ4n) is 1.86. The molecule has 0 radical (unpaired) electrons. The molecule has 0 rings (SSSR count). The van der Waals surface area contributed by atoms with Crippen LogP contribution < -0.4 is 0 Å². The predicted octanol–water partition coefficient (Wildman–Crippen LogP) is 4.61. The molecule has 0 spiro atoms. The standard InChI is InChI=1S/C16H30O3/c1-2-18-16-19-15-13-11-9-7-5-3-4-6-8-10-12-14-17/h13-15H,2-12,16H2,1H3. The molecule has 0 aliphatic heterocycles. The van der Waals surface area contributed by atoms with Crippen molar-refractivity contribution in [2.24, 2.45) is 0 Å². The Morgan fingerprint density at radius 1 is 0.842 bits per heavy atom. The van der Waals surface area contributed by atoms with Crippen LogP contribution in [0, 0.1) is 0 Å². The molecule has 19 heavy (non-hydrogen) atoms. The third-order valence-corrected chi connectivity index (χ3v) is 2.99. The molecule has 0 atom stereocenters. The Labute approximate surface area is 118 Å². The van der Waals surface area contributed by atoms with Crippen LogP contribution in [0.4, 0.5) is 0 Å². The van der Waals surface area contributed by atoms with Crippen LogP contribution in [-0.4, -0.2) is 19.7 Å². The van der Waals surface area contributed by atoms with Crippen LogP contribution in [0.1, 0.15) is 71.1 Å². The SMILES string of the molecule is CCOCOC=CCCCCCCCCCCC=O. The third kappa shape index (κ3) is 17.2. The highest BCUT2D eigenvalue weighted by atomic mass is 16.7. The van der Waals surface area contributed by atoms with Gasteiger partial charge in [-0.25, -0.2) is 0 Å². The van der Waals surface area contributed by atoms with E-state index in [1.807, 2.05) is 6.92 Å². The first kappa shape index (κ1) is 18.2. The van der Waals surface area contributed by atoms with Crippen LogP contribution in [0.5, 0.6) is 0 Å². The molecular weight excluding hydrogens is 240 g/mol. The average Bonchev–Trinajstić information content (AvgIpc) is 2.43. The summed E-state index contributed by atoms with van der Waals surface area (Å²) in [6.07, 6.45) is 16.7. The van der Waals surface area contributed by atoms with E-state index in [1.54, 1.807) is 6.26 Å². The summed E-state index contributed by atoms with van der Waals surface area (Å²) in [5.74, 6) is 0. The average molecular weight is 270 g/mol. The summed E-state index contributed by atoms with van der Waals surface area (Å²) in [5, 5.41) is 0. The van der Waals surface area contributed by atoms with Crippen LogP contribution in [0.2, 0.25) is 0 Å². The van der Waals surface area contributed by atoms with Crippen molar-refractivity contribution in [3.63, 3.8) is 0 Å². The van der Waals surface area contributed by atoms with Crippen LogP contribution in [-0.2, 0) is 14.3 Å². The van der Waals surface area contributed by atoms with Crippen LogP contribution in [0.25, 0.3) is 0 Å². The van der Waals surface area contributed by atoms with Gasteiger partial charge in [0.2, 0.25) is 0 Å². The van der Waals surface area contributed by atoms with E-state index in [0.717, 1.165) is 25.5 Å². The Hall–Kier alpha value is -0.830. The number of carbonyl (C=O) groups is 1. The smallest absolute Gasteiger partial charge is 0.188 e. The van der Waals surface area contributed by atoms with E-state index in [9.17, 15) is 4.79 Å². The maximum Gasteiger partial charge on any atom is 0.188 e. The fraction of sp³-hybridized carbons (Fsp3) is 0.812. The summed E-state index contributed by atoms with van der Waals surface area (Å²) in [7, 11) is 0. The zero-order valence-electron chi connectivity index (χ0n) is 12.4. The minimum absolute atomic E-state index is 0.358. The first-order chi connectivity index (χ1) is 9.41. The quantitative estimate of drug-likeness (QED) is 0.189. The second-order valence-electron chi connectivity index (χ2n) is 4.72. The van der Waals surface area contributed by atoms with Gasteiger partial charge in [0, 0.05) is 13.0 Å². The maximum atomic E-state index is 10.1. The molecule has 0 heterocycles. The highest BCUT2D eigenvalue weighted by molar-refractivity contribution is 5.48. The predicted molar refractivity (Wildman–Crippen MR) is 79.0 cm³/mol. The van der Waals surface area contributed by atoms with Gasteiger partial charge in [-0.05, 0) is 32.3 Å². The molecule has 0 fully saturated rings. The summed E-state index contributed by atoms with van der Waals surface area (Å²) >= 11 is 0. The van der Waals surface area contributed by atoms with E-state index in [-0.39, 0.29) is 0 Å². The zero-order chi connectivity index (χ0) is 14.0. The zero-order valence-corrected chi connectivity index (χ0v) is 12.4. The Morgan fingerprint density at radius 2 is 1.42 bits per heavy atom. The first-order valence-corrected chi connectivity index (χ1v) is 7.69. The van der Waals surface area contributed by atoms with Crippen LogP contribution >= 0.6 is 0 Å². The van der Waals surface area contributed by atoms with Crippen molar-refractivity contribution in [2.75, 3.05) is 13.4 Å². The number of hydrogen-bond acceptors (Lipinski definition) is 3. The summed E-state index contributed by atoms with van der Waals surface area (Å²) in [6.45, 7) is 3.01. The molecule has 0 saturated carbocycles. The molecule has 0 aliphatic rings. The molecule has 0 aromatic carbocycles. The highest BCUT2D eigenvalue weighted by Gasteiger charge is 1.91. The summed E-state index contributed by atoms with van der Waals surface area (Å²) in [5.41, 5.74) is 0. The van der Waals surface area contributed by atoms with E-state index in [1.165, 1.54) is 44.9 Å². The lowest BCUT2D eigenvalue weighted by Crippen LogP contribution is -1.93. The molecule has 3 nitrogen and oxygen atoms in total. The number of allylic oxidation sites excluding steroid dienone is 1. The molecular formula is C16H30O3. The van der Waals surface area contributed by atoms with Crippen molar-refractivity contribution in [3.8, 4) is 0 Å². The Bertz CT molecular complexity index is 202. The van der Waals surface area contributed by atoms with E-state index in [0.29, 0.717) is 13.4 Å². The van der Waals surface area contributed by atoms with Gasteiger partial charge < -0.3 is 14.3 Å². The summed E-state index contributed by atoms with van der Waals surface area (Å²) in [4.78, 5) is 10.1. The van der Waals surface area contributed by atoms with Crippen molar-refractivity contribution >= 4 is 6.29 Å². The van der Waals surface area contributed by atoms with Crippen LogP contribution in [0.3, 0.4) is 0 Å². The Balaban J connectivity index is 3.00. The molecule has 112 valence electrons. The van der Waals surface area contributed by atoms with E-state index in [4.69, 9.17) is 9.47 Å². The van der Waals surface area contributed by atoms with Crippen molar-refractivity contribution in [2.45, 2.75) is 71.1 Å². The molecule has 0 bridgehead atoms. The number of ether oxygens (including phenoxy) is 2. The second kappa shape index (κ2) is 17.2. The topological polar surface area (TPSA) is 35.5 Å². The minimum Gasteiger partial charge on any atom is -0.475 e. The summed E-state index contributed by atoms with van der Waals surface area (Å²) < 4.78 is 10.2. The Kier molecular flexibility index (Phi) is 16.4. The molecule has 3 heteroatoms. The Morgan fingerprint density at radius 3 is 2.00 bits per heavy atom. The lowest BCUT2D eigenvalue weighted by atomic mass is 10.1. The molecule has 0 N–H and O–H groups in total. The lowest BCUT2D eigenvalue weighted by molar-refractivity contribution is -0.107. The largest absolute Gasteiger partial charge is 0.475 e. The maximum absolute atomic E-state index is 10.1. The number of hydrogen-bond donors (Lipinski definition) is 0. The number of rotatable bonds is 15. The molecule has 0 unspecified atom stereocenters. The van der Waals surface area contributed by atoms with E-state index < -0.39 is 0 Å². The van der Waals surface area contributed by atoms with E-state index >= 15 is 0 Å². The van der Waals surface area contributed by atoms with Gasteiger partial charge in [-0.3, -0.25) is 0 Å². The van der Waals surface area contributed by atoms with Crippen molar-refractivity contribution in [1.29, 1.82) is 0 Å². The highest BCUT2D eigenvalue weighted by Crippen LogP contribution is 2.10. The van der Waals surface area contributed by atoms with Crippen molar-refractivity contribution < 1.29 is 14.3 Å². The van der Waals surface area contributed by atoms with Gasteiger partial charge in [-0.2, -0.15) is 0 Å². The number of unbranched alkanes of at least 4 members (excludes halogenated alkanes) is 9. The van der Waals surface area contributed by atoms with Crippen molar-refractivity contribution in [3.05, 3.63) is 12.3 Å². The minimum atomic E-state index is 0.358. The van der Waals surface area contributed by atoms with Gasteiger partial charge in [0.05, 0.1) is 6.26 Å². The van der Waals surface area contributed by atoms with E-state index in [2.05, 4.69) is 6.08 Å². The molecule has 0 aliphatic carbocycles. The van der Waals surface area contributed by atoms with Gasteiger partial charge in [0.1, 0.15) is 6.29 Å². The second-order valence-corrected chi connectivity index (χ2v) is 4.72. The molecule has 0 saturated heterocycles. The molecule has 0 amide bonds. The molecule has 0 aromatic rings. The monoisotopic (exact) mass is 270 g/mol. The van der Waals surface area contributed by atoms with Crippen molar-refractivity contribution in [1.82, 2.24) is 0 Å². The molecule has 0 aromatic heterocycles. The fourth-order valence-corrected chi connectivity index (χ4v) is 1.86. The lowest BCUT2D eigenvalue weighted by Gasteiger charge is -2.01. The van der Waals surface area contributed by atoms with Gasteiger partial charge in [0.15, 0.2) is 6.79 Å².